The van der Waals surface area contributed by atoms with E-state index in [2.05, 4.69) is 11.1 Å². The maximum absolute atomic E-state index is 11.1. The van der Waals surface area contributed by atoms with Crippen molar-refractivity contribution in [3.05, 3.63) is 0 Å². The van der Waals surface area contributed by atoms with Crippen molar-refractivity contribution in [3.8, 4) is 0 Å². The van der Waals surface area contributed by atoms with Crippen molar-refractivity contribution >= 4 is 17.8 Å². The summed E-state index contributed by atoms with van der Waals surface area (Å²) >= 11 is 0. The molecule has 0 unspecified atom stereocenters. The summed E-state index contributed by atoms with van der Waals surface area (Å²) in [6.45, 7) is 1.49. The predicted octanol–water partition coefficient (Wildman–Crippen LogP) is -4.62. The predicted molar refractivity (Wildman–Crippen MR) is 43.5 cm³/mol. The van der Waals surface area contributed by atoms with Gasteiger partial charge < -0.3 is 30.9 Å². The molecule has 0 aromatic heterocycles. The van der Waals surface area contributed by atoms with E-state index in [0.717, 1.165) is 0 Å². The van der Waals surface area contributed by atoms with Crippen LogP contribution in [0.5, 0.6) is 0 Å². The zero-order valence-electron chi connectivity index (χ0n) is 8.32. The van der Waals surface area contributed by atoms with E-state index in [1.54, 1.807) is 0 Å². The Balaban J connectivity index is 4.22. The fourth-order valence-electron chi connectivity index (χ4n) is 0.825. The van der Waals surface area contributed by atoms with Crippen LogP contribution in [0, 0.1) is 0 Å². The van der Waals surface area contributed by atoms with Crippen molar-refractivity contribution < 1.29 is 30.3 Å². The van der Waals surface area contributed by atoms with Gasteiger partial charge in [-0.15, -0.1) is 0 Å². The number of carbonyl (C=O) groups excluding carboxylic acids is 3. The molecule has 0 fully saturated rings. The van der Waals surface area contributed by atoms with Gasteiger partial charge in [0, 0.05) is 5.97 Å². The zero-order chi connectivity index (χ0) is 12.0. The first kappa shape index (κ1) is 13.4. The average molecular weight is 217 g/mol. The van der Waals surface area contributed by atoms with Crippen LogP contribution in [0.1, 0.15) is 19.8 Å². The van der Waals surface area contributed by atoms with Gasteiger partial charge in [0.1, 0.15) is 0 Å². The maximum atomic E-state index is 11.1. The third-order valence-corrected chi connectivity index (χ3v) is 1.69. The lowest BCUT2D eigenvalue weighted by Crippen LogP contribution is -2.67. The first-order valence-electron chi connectivity index (χ1n) is 4.38. The van der Waals surface area contributed by atoms with Crippen molar-refractivity contribution in [2.24, 2.45) is 0 Å². The number of amides is 1. The van der Waals surface area contributed by atoms with Crippen molar-refractivity contribution in [1.29, 1.82) is 0 Å². The van der Waals surface area contributed by atoms with E-state index >= 15 is 0 Å². The number of rotatable bonds is 6. The molecule has 0 aliphatic carbocycles. The van der Waals surface area contributed by atoms with Gasteiger partial charge in [-0.2, -0.15) is 0 Å². The second-order valence-electron chi connectivity index (χ2n) is 3.19. The van der Waals surface area contributed by atoms with Crippen LogP contribution in [0.2, 0.25) is 0 Å². The molecule has 0 rings (SSSR count). The fourth-order valence-corrected chi connectivity index (χ4v) is 0.825. The van der Waals surface area contributed by atoms with Crippen LogP contribution in [0.25, 0.3) is 0 Å². The Morgan fingerprint density at radius 3 is 2.20 bits per heavy atom. The van der Waals surface area contributed by atoms with E-state index in [1.807, 2.05) is 0 Å². The number of carboxylic acid groups (broad SMARTS) is 2. The SMILES string of the molecule is C[C@H]([NH3+])C(=O)N[C@@H](CCC(=O)[O-])C(=O)[O-]. The Morgan fingerprint density at radius 1 is 1.33 bits per heavy atom. The Kier molecular flexibility index (Phi) is 5.32. The van der Waals surface area contributed by atoms with Crippen molar-refractivity contribution in [2.75, 3.05) is 0 Å². The molecule has 86 valence electrons. The van der Waals surface area contributed by atoms with Gasteiger partial charge in [-0.3, -0.25) is 4.79 Å². The third kappa shape index (κ3) is 5.63. The van der Waals surface area contributed by atoms with Gasteiger partial charge in [-0.25, -0.2) is 0 Å². The highest BCUT2D eigenvalue weighted by Crippen LogP contribution is 1.96. The highest BCUT2D eigenvalue weighted by molar-refractivity contribution is 5.85. The molecule has 0 aliphatic rings. The summed E-state index contributed by atoms with van der Waals surface area (Å²) in [5, 5.41) is 22.7. The van der Waals surface area contributed by atoms with E-state index in [9.17, 15) is 24.6 Å². The molecule has 0 saturated heterocycles. The minimum atomic E-state index is -1.52. The van der Waals surface area contributed by atoms with Crippen molar-refractivity contribution in [2.45, 2.75) is 31.8 Å². The van der Waals surface area contributed by atoms with E-state index < -0.39 is 36.4 Å². The van der Waals surface area contributed by atoms with E-state index in [0.29, 0.717) is 0 Å². The molecule has 0 aliphatic heterocycles. The highest BCUT2D eigenvalue weighted by Gasteiger charge is 2.17. The second-order valence-corrected chi connectivity index (χ2v) is 3.19. The monoisotopic (exact) mass is 217 g/mol. The zero-order valence-corrected chi connectivity index (χ0v) is 8.32. The quantitative estimate of drug-likeness (QED) is 0.461. The average Bonchev–Trinajstić information content (AvgIpc) is 2.10. The molecule has 7 nitrogen and oxygen atoms in total. The van der Waals surface area contributed by atoms with Gasteiger partial charge in [-0.05, 0) is 19.8 Å². The molecule has 0 radical (unpaired) electrons. The molecule has 0 aromatic carbocycles. The first-order chi connectivity index (χ1) is 6.84. The first-order valence-corrected chi connectivity index (χ1v) is 4.38. The number of aliphatic carboxylic acids is 2. The minimum absolute atomic E-state index is 0.261. The molecule has 0 spiro atoms. The van der Waals surface area contributed by atoms with Crippen LogP contribution in [-0.2, 0) is 14.4 Å². The summed E-state index contributed by atoms with van der Waals surface area (Å²) in [4.78, 5) is 31.7. The Morgan fingerprint density at radius 2 is 1.87 bits per heavy atom. The van der Waals surface area contributed by atoms with Gasteiger partial charge >= 0.3 is 0 Å². The summed E-state index contributed by atoms with van der Waals surface area (Å²) in [5.74, 6) is -3.47. The third-order valence-electron chi connectivity index (χ3n) is 1.69. The standard InChI is InChI=1S/C8H14N2O5/c1-4(9)7(13)10-5(8(14)15)2-3-6(11)12/h4-5H,2-3,9H2,1H3,(H,10,13)(H,11,12)(H,14,15)/p-1/t4-,5-/m0/s1. The van der Waals surface area contributed by atoms with E-state index in [1.165, 1.54) is 6.92 Å². The molecule has 15 heavy (non-hydrogen) atoms. The van der Waals surface area contributed by atoms with Crippen LogP contribution in [0.3, 0.4) is 0 Å². The van der Waals surface area contributed by atoms with Gasteiger partial charge in [-0.1, -0.05) is 0 Å². The fraction of sp³-hybridized carbons (Fsp3) is 0.625. The van der Waals surface area contributed by atoms with Crippen molar-refractivity contribution in [1.82, 2.24) is 5.32 Å². The largest absolute Gasteiger partial charge is 0.550 e. The van der Waals surface area contributed by atoms with Crippen LogP contribution < -0.4 is 21.3 Å². The summed E-state index contributed by atoms with van der Waals surface area (Å²) in [6, 6.07) is -1.94. The van der Waals surface area contributed by atoms with E-state index in [-0.39, 0.29) is 6.42 Å². The number of carboxylic acids is 2. The minimum Gasteiger partial charge on any atom is -0.550 e. The number of quaternary nitrogens is 1. The summed E-state index contributed by atoms with van der Waals surface area (Å²) in [7, 11) is 0. The van der Waals surface area contributed by atoms with Gasteiger partial charge in [0.25, 0.3) is 5.91 Å². The summed E-state index contributed by atoms with van der Waals surface area (Å²) < 4.78 is 0. The number of carbonyl (C=O) groups is 3. The molecule has 0 bridgehead atoms. The van der Waals surface area contributed by atoms with Gasteiger partial charge in [0.05, 0.1) is 12.0 Å². The van der Waals surface area contributed by atoms with Gasteiger partial charge in [0.15, 0.2) is 6.04 Å². The molecular formula is C8H13N2O5-. The van der Waals surface area contributed by atoms with Gasteiger partial charge in [0.2, 0.25) is 0 Å². The number of hydrogen-bond donors (Lipinski definition) is 2. The topological polar surface area (TPSA) is 137 Å². The Bertz CT molecular complexity index is 264. The normalized spacial score (nSPS) is 14.0. The number of nitrogens with one attached hydrogen (secondary N) is 1. The summed E-state index contributed by atoms with van der Waals surface area (Å²) in [6.07, 6.45) is -0.715. The molecule has 0 saturated carbocycles. The lowest BCUT2D eigenvalue weighted by molar-refractivity contribution is -0.398. The molecule has 4 N–H and O–H groups in total. The van der Waals surface area contributed by atoms with Crippen LogP contribution in [0.4, 0.5) is 0 Å². The Hall–Kier alpha value is -1.63. The summed E-state index contributed by atoms with van der Waals surface area (Å²) in [5.41, 5.74) is 3.39. The van der Waals surface area contributed by atoms with E-state index in [4.69, 9.17) is 0 Å². The molecule has 2 atom stereocenters. The number of hydrogen-bond acceptors (Lipinski definition) is 5. The molecule has 7 heteroatoms. The van der Waals surface area contributed by atoms with Crippen molar-refractivity contribution in [3.63, 3.8) is 0 Å². The molecular weight excluding hydrogens is 204 g/mol. The van der Waals surface area contributed by atoms with Crippen LogP contribution in [-0.4, -0.2) is 29.9 Å². The maximum Gasteiger partial charge on any atom is 0.278 e. The molecule has 0 heterocycles. The smallest absolute Gasteiger partial charge is 0.278 e. The van der Waals surface area contributed by atoms with Crippen LogP contribution in [0.15, 0.2) is 0 Å². The molecule has 1 amide bonds. The highest BCUT2D eigenvalue weighted by atomic mass is 16.4. The Labute approximate surface area is 86.3 Å². The van der Waals surface area contributed by atoms with Crippen LogP contribution >= 0.6 is 0 Å². The lowest BCUT2D eigenvalue weighted by Gasteiger charge is -2.20. The second kappa shape index (κ2) is 5.97. The lowest BCUT2D eigenvalue weighted by atomic mass is 10.1. The molecule has 0 aromatic rings.